The van der Waals surface area contributed by atoms with Gasteiger partial charge in [0.05, 0.1) is 46.2 Å². The molecule has 45 heteroatoms. The number of aromatic nitrogens is 14. The summed E-state index contributed by atoms with van der Waals surface area (Å²) in [5.74, 6) is 0.548. The quantitative estimate of drug-likeness (QED) is 0.0158. The first kappa shape index (κ1) is 91.3. The van der Waals surface area contributed by atoms with Crippen molar-refractivity contribution < 1.29 is 52.7 Å². The first-order valence-electron chi connectivity index (χ1n) is 36.2. The number of nitrogen functional groups attached to an aromatic ring is 1. The van der Waals surface area contributed by atoms with E-state index in [1.54, 1.807) is 60.3 Å². The molecule has 4 atom stereocenters. The van der Waals surface area contributed by atoms with Crippen LogP contribution in [0.3, 0.4) is 0 Å². The van der Waals surface area contributed by atoms with E-state index >= 15 is 0 Å². The number of hydrogen-bond acceptors (Lipinski definition) is 28. The van der Waals surface area contributed by atoms with Crippen LogP contribution in [-0.2, 0) is 30.4 Å². The van der Waals surface area contributed by atoms with Gasteiger partial charge in [0.25, 0.3) is 0 Å². The third-order valence-electron chi connectivity index (χ3n) is 16.6. The van der Waals surface area contributed by atoms with Crippen LogP contribution >= 0.6 is 69.6 Å². The van der Waals surface area contributed by atoms with E-state index in [9.17, 15) is 49.0 Å². The number of nitrogens with one attached hydrogen (secondary N) is 3. The van der Waals surface area contributed by atoms with Gasteiger partial charge >= 0.3 is 47.1 Å². The van der Waals surface area contributed by atoms with E-state index in [2.05, 4.69) is 85.1 Å². The van der Waals surface area contributed by atoms with E-state index in [0.29, 0.717) is 92.8 Å². The molecule has 38 nitrogen and oxygen atoms in total. The van der Waals surface area contributed by atoms with Crippen LogP contribution < -0.4 is 27.7 Å². The Morgan fingerprint density at radius 1 is 0.531 bits per heavy atom. The van der Waals surface area contributed by atoms with Gasteiger partial charge in [0.1, 0.15) is 52.6 Å². The van der Waals surface area contributed by atoms with E-state index in [0.717, 1.165) is 69.8 Å². The van der Waals surface area contributed by atoms with Gasteiger partial charge in [-0.15, -0.1) is 0 Å². The first-order valence-corrected chi connectivity index (χ1v) is 42.1. The molecule has 4 amide bonds. The molecule has 11 heterocycles. The van der Waals surface area contributed by atoms with Gasteiger partial charge in [0, 0.05) is 79.1 Å². The molecule has 7 aromatic rings. The highest BCUT2D eigenvalue weighted by molar-refractivity contribution is 6.76. The number of carbonyl (C=O) groups excluding carboxylic acids is 4. The Balaban J connectivity index is 0.000000201. The molecule has 7 aromatic heterocycles. The van der Waals surface area contributed by atoms with Gasteiger partial charge in [0.15, 0.2) is 17.1 Å². The van der Waals surface area contributed by atoms with Crippen molar-refractivity contribution in [1.29, 1.82) is 0 Å². The van der Waals surface area contributed by atoms with Gasteiger partial charge < -0.3 is 64.6 Å². The molecule has 0 aromatic carbocycles. The molecule has 5 N–H and O–H groups in total. The van der Waals surface area contributed by atoms with Crippen LogP contribution in [0.25, 0.3) is 22.3 Å². The number of rotatable bonds is 13. The number of nitrogens with zero attached hydrogens (tertiary/aromatic N) is 19. The zero-order valence-electron chi connectivity index (χ0n) is 65.6. The van der Waals surface area contributed by atoms with Crippen LogP contribution in [0.2, 0.25) is 57.3 Å². The summed E-state index contributed by atoms with van der Waals surface area (Å²) in [5.41, 5.74) is 4.95. The van der Waals surface area contributed by atoms with Crippen molar-refractivity contribution >= 4 is 153 Å². The Bertz CT molecular complexity index is 4620. The normalized spacial score (nSPS) is 17.5. The number of H-pyrrole nitrogens is 1. The molecular weight excluding hydrogens is 1620 g/mol. The second-order valence-corrected chi connectivity index (χ2v) is 39.5. The number of nitrogens with two attached hydrogens (primary N) is 1. The third kappa shape index (κ3) is 28.6. The molecule has 0 unspecified atom stereocenters. The van der Waals surface area contributed by atoms with E-state index in [-0.39, 0.29) is 109 Å². The molecule has 0 bridgehead atoms. The summed E-state index contributed by atoms with van der Waals surface area (Å²) in [7, 11) is -1.24. The average molecular weight is 1720 g/mol. The molecule has 0 aliphatic carbocycles. The highest BCUT2D eigenvalue weighted by Crippen LogP contribution is 2.31. The molecule has 113 heavy (non-hydrogen) atoms. The SMILES string of the molecule is CC(C)(C)OC(=O)N1CCC[C@@H](Nc2nc(Cl)ncc2N)C1.CC(C)(C)OC(=O)N1CCC[C@@H](Nc2nc(Cl)ncc2[N+](=O)[O-])C1.CC(C)(C)OC(=O)N1CCC[C@@H](n2c(=O)[nH]c3cnc(Cl)nc32)C1.CC(C)(C)OC(=O)N1CCC[C@@H](n2c(=O)n(COCC[Si](C)(C)C)c3cnc(Cl)nc32)C1.O=[N+]([O-])c1cnc(Cl)nc1Cl. The average Bonchev–Trinajstić information content (AvgIpc) is 1.61. The summed E-state index contributed by atoms with van der Waals surface area (Å²) in [6.45, 7) is 33.7. The number of hydrogen-bond donors (Lipinski definition) is 4. The second kappa shape index (κ2) is 39.5. The van der Waals surface area contributed by atoms with Crippen molar-refractivity contribution in [3.8, 4) is 0 Å². The third-order valence-corrected chi connectivity index (χ3v) is 19.5. The van der Waals surface area contributed by atoms with Gasteiger partial charge in [-0.25, -0.2) is 53.7 Å². The second-order valence-electron chi connectivity index (χ2n) is 31.9. The number of likely N-dealkylation sites (tertiary alicyclic amines) is 4. The number of halogens is 6. The minimum absolute atomic E-state index is 0.0505. The number of nitro groups is 2. The van der Waals surface area contributed by atoms with E-state index in [1.165, 1.54) is 12.4 Å². The molecule has 0 spiro atoms. The summed E-state index contributed by atoms with van der Waals surface area (Å²) < 4.78 is 32.3. The highest BCUT2D eigenvalue weighted by atomic mass is 35.5. The number of fused-ring (bicyclic) bond motifs is 2. The fourth-order valence-corrected chi connectivity index (χ4v) is 13.3. The Labute approximate surface area is 682 Å². The first-order chi connectivity index (χ1) is 52.6. The number of amides is 4. The zero-order chi connectivity index (χ0) is 83.8. The summed E-state index contributed by atoms with van der Waals surface area (Å²) >= 11 is 34.1. The standard InChI is InChI=1S/C21H34ClN5O4Si.C15H20ClN5O3.C14H20ClN5O4.C14H22ClN5O2.C4HCl2N3O2/c1-21(2,3)31-20(29)25-9-7-8-15(13-25)27-17-16(12-23-18(22)24-17)26(19(27)28)14-30-10-11-32(4,5)6;1-15(2,3)24-14(23)20-6-4-5-9(8-20)21-11-10(18-13(21)22)7-17-12(16)19-11;1-14(2,3)24-13(21)19-6-4-5-9(8-19)17-11-10(20(22)23)7-16-12(15)18-11;1-14(2,3)22-13(21)20-6-4-5-9(8-20)18-11-10(16)7-17-12(15)19-11;5-3-2(9(10)11)1-7-4(6)8-3/h12,15H,7-11,13-14H2,1-6H3;7,9H,4-6,8H2,1-3H3,(H,18,22);7,9H,4-6,8H2,1-3H3,(H,16,17,18);7,9H,4-6,8,16H2,1-3H3,(H,17,18,19);1H/t15-;3*9-;/m1111./s1. The molecular formula is C68H97Cl6N23O15Si. The van der Waals surface area contributed by atoms with Crippen LogP contribution in [-0.4, -0.2) is 224 Å². The van der Waals surface area contributed by atoms with Crippen molar-refractivity contribution in [2.45, 2.75) is 213 Å². The van der Waals surface area contributed by atoms with Crippen molar-refractivity contribution in [1.82, 2.24) is 88.1 Å². The van der Waals surface area contributed by atoms with Crippen molar-refractivity contribution in [2.75, 3.05) is 75.3 Å². The lowest BCUT2D eigenvalue weighted by Gasteiger charge is -2.34. The molecule has 4 saturated heterocycles. The maximum Gasteiger partial charge on any atom is 0.410 e. The maximum atomic E-state index is 13.4. The van der Waals surface area contributed by atoms with Gasteiger partial charge in [0.2, 0.25) is 37.4 Å². The molecule has 0 saturated carbocycles. The van der Waals surface area contributed by atoms with Crippen molar-refractivity contribution in [3.05, 3.63) is 104 Å². The zero-order valence-corrected chi connectivity index (χ0v) is 71.1. The largest absolute Gasteiger partial charge is 0.444 e. The molecule has 4 fully saturated rings. The Morgan fingerprint density at radius 2 is 0.920 bits per heavy atom. The van der Waals surface area contributed by atoms with Crippen molar-refractivity contribution in [2.24, 2.45) is 0 Å². The summed E-state index contributed by atoms with van der Waals surface area (Å²) in [6.07, 6.45) is 11.4. The van der Waals surface area contributed by atoms with Crippen LogP contribution in [0.4, 0.5) is 47.9 Å². The predicted octanol–water partition coefficient (Wildman–Crippen LogP) is 13.5. The van der Waals surface area contributed by atoms with Gasteiger partial charge in [-0.3, -0.25) is 33.9 Å². The number of imidazole rings is 2. The lowest BCUT2D eigenvalue weighted by Crippen LogP contribution is -2.47. The minimum Gasteiger partial charge on any atom is -0.444 e. The Morgan fingerprint density at radius 3 is 1.38 bits per heavy atom. The fraction of sp³-hybridized carbons (Fsp3) is 0.618. The molecule has 11 rings (SSSR count). The molecule has 4 aliphatic rings. The van der Waals surface area contributed by atoms with Crippen LogP contribution in [0.5, 0.6) is 0 Å². The lowest BCUT2D eigenvalue weighted by molar-refractivity contribution is -0.385. The van der Waals surface area contributed by atoms with Crippen LogP contribution in [0.1, 0.15) is 147 Å². The highest BCUT2D eigenvalue weighted by Gasteiger charge is 2.36. The Hall–Kier alpha value is -8.86. The van der Waals surface area contributed by atoms with E-state index in [1.807, 2.05) is 62.3 Å². The summed E-state index contributed by atoms with van der Waals surface area (Å²) in [6, 6.07) is 0.459. The van der Waals surface area contributed by atoms with Gasteiger partial charge in [-0.2, -0.15) is 24.9 Å². The Kier molecular flexibility index (Phi) is 31.9. The number of piperidine rings is 4. The summed E-state index contributed by atoms with van der Waals surface area (Å²) in [4.78, 5) is 143. The topological polar surface area (TPSA) is 457 Å². The minimum atomic E-state index is -1.24. The van der Waals surface area contributed by atoms with Crippen LogP contribution in [0.15, 0.2) is 40.6 Å². The summed E-state index contributed by atoms with van der Waals surface area (Å²) in [5, 5.41) is 27.3. The monoisotopic (exact) mass is 1710 g/mol. The van der Waals surface area contributed by atoms with Crippen molar-refractivity contribution in [3.63, 3.8) is 0 Å². The molecule has 0 radical (unpaired) electrons. The van der Waals surface area contributed by atoms with E-state index < -0.39 is 46.4 Å². The predicted molar refractivity (Wildman–Crippen MR) is 429 cm³/mol. The van der Waals surface area contributed by atoms with Gasteiger partial charge in [-0.05, 0) is 199 Å². The molecule has 620 valence electrons. The number of aromatic amines is 1. The van der Waals surface area contributed by atoms with Crippen LogP contribution in [0, 0.1) is 20.2 Å². The van der Waals surface area contributed by atoms with Gasteiger partial charge in [-0.1, -0.05) is 31.2 Å². The molecule has 4 aliphatic heterocycles. The lowest BCUT2D eigenvalue weighted by atomic mass is 10.1. The number of anilines is 3. The maximum absolute atomic E-state index is 13.4. The number of carbonyl (C=O) groups is 4. The van der Waals surface area contributed by atoms with E-state index in [4.69, 9.17) is 99.0 Å². The number of ether oxygens (including phenoxy) is 5. The fourth-order valence-electron chi connectivity index (χ4n) is 11.7. The smallest absolute Gasteiger partial charge is 0.410 e.